The highest BCUT2D eigenvalue weighted by Crippen LogP contribution is 2.09. The Morgan fingerprint density at radius 1 is 1.36 bits per heavy atom. The van der Waals surface area contributed by atoms with Crippen molar-refractivity contribution in [2.75, 3.05) is 26.7 Å². The van der Waals surface area contributed by atoms with Crippen LogP contribution in [-0.4, -0.2) is 37.7 Å². The minimum atomic E-state index is 0.525. The van der Waals surface area contributed by atoms with E-state index in [4.69, 9.17) is 4.74 Å². The van der Waals surface area contributed by atoms with Crippen LogP contribution in [0.5, 0.6) is 0 Å². The van der Waals surface area contributed by atoms with Crippen LogP contribution in [0.3, 0.4) is 0 Å². The molecule has 0 amide bonds. The molecule has 0 radical (unpaired) electrons. The molecule has 0 spiro atoms. The lowest BCUT2D eigenvalue weighted by atomic mass is 10.1. The van der Waals surface area contributed by atoms with Crippen LogP contribution in [0.4, 0.5) is 0 Å². The third-order valence-electron chi connectivity index (χ3n) is 1.80. The second kappa shape index (κ2) is 6.62. The predicted octanol–water partition coefficient (Wildman–Crippen LogP) is 1.75. The molecule has 0 aromatic heterocycles. The van der Waals surface area contributed by atoms with Crippen LogP contribution in [0.1, 0.15) is 27.2 Å². The van der Waals surface area contributed by atoms with Crippen molar-refractivity contribution < 1.29 is 4.74 Å². The zero-order valence-electron chi connectivity index (χ0n) is 8.26. The zero-order valence-corrected chi connectivity index (χ0v) is 8.26. The van der Waals surface area contributed by atoms with Crippen molar-refractivity contribution in [2.45, 2.75) is 33.3 Å². The molecule has 1 fully saturated rings. The SMILES string of the molecule is CC.CCCN1CC(OC)C1. The highest BCUT2D eigenvalue weighted by atomic mass is 16.5. The van der Waals surface area contributed by atoms with Gasteiger partial charge in [0.15, 0.2) is 0 Å². The summed E-state index contributed by atoms with van der Waals surface area (Å²) in [6.07, 6.45) is 1.78. The van der Waals surface area contributed by atoms with Crippen molar-refractivity contribution in [2.24, 2.45) is 0 Å². The maximum absolute atomic E-state index is 5.12. The van der Waals surface area contributed by atoms with E-state index in [0.29, 0.717) is 6.10 Å². The van der Waals surface area contributed by atoms with Crippen molar-refractivity contribution in [3.05, 3.63) is 0 Å². The third-order valence-corrected chi connectivity index (χ3v) is 1.80. The molecule has 0 aliphatic carbocycles. The smallest absolute Gasteiger partial charge is 0.0824 e. The van der Waals surface area contributed by atoms with Gasteiger partial charge >= 0.3 is 0 Å². The lowest BCUT2D eigenvalue weighted by molar-refractivity contribution is -0.0289. The molecular weight excluding hydrogens is 138 g/mol. The number of ether oxygens (including phenoxy) is 1. The Balaban J connectivity index is 0.000000461. The predicted molar refractivity (Wildman–Crippen MR) is 48.9 cm³/mol. The van der Waals surface area contributed by atoms with E-state index in [2.05, 4.69) is 11.8 Å². The molecule has 11 heavy (non-hydrogen) atoms. The summed E-state index contributed by atoms with van der Waals surface area (Å²) in [5.41, 5.74) is 0. The Bertz CT molecular complexity index is 79.6. The highest BCUT2D eigenvalue weighted by Gasteiger charge is 2.24. The van der Waals surface area contributed by atoms with E-state index in [1.165, 1.54) is 13.0 Å². The van der Waals surface area contributed by atoms with E-state index in [9.17, 15) is 0 Å². The topological polar surface area (TPSA) is 12.5 Å². The van der Waals surface area contributed by atoms with Gasteiger partial charge in [0.05, 0.1) is 6.10 Å². The fourth-order valence-electron chi connectivity index (χ4n) is 1.17. The van der Waals surface area contributed by atoms with Crippen LogP contribution < -0.4 is 0 Å². The van der Waals surface area contributed by atoms with Crippen LogP contribution in [0.25, 0.3) is 0 Å². The monoisotopic (exact) mass is 159 g/mol. The third kappa shape index (κ3) is 3.73. The van der Waals surface area contributed by atoms with Crippen molar-refractivity contribution in [1.29, 1.82) is 0 Å². The molecule has 0 atom stereocenters. The van der Waals surface area contributed by atoms with Crippen molar-refractivity contribution >= 4 is 0 Å². The Kier molecular flexibility index (Phi) is 6.57. The number of likely N-dealkylation sites (tertiary alicyclic amines) is 1. The lowest BCUT2D eigenvalue weighted by Gasteiger charge is -2.37. The van der Waals surface area contributed by atoms with Gasteiger partial charge in [0, 0.05) is 20.2 Å². The summed E-state index contributed by atoms with van der Waals surface area (Å²) in [5, 5.41) is 0. The zero-order chi connectivity index (χ0) is 8.69. The second-order valence-corrected chi connectivity index (χ2v) is 2.62. The standard InChI is InChI=1S/C7H15NO.C2H6/c1-3-4-8-5-7(6-8)9-2;1-2/h7H,3-6H2,1-2H3;1-2H3. The first-order valence-electron chi connectivity index (χ1n) is 4.62. The maximum Gasteiger partial charge on any atom is 0.0824 e. The summed E-state index contributed by atoms with van der Waals surface area (Å²) in [4.78, 5) is 2.41. The van der Waals surface area contributed by atoms with Gasteiger partial charge in [-0.15, -0.1) is 0 Å². The number of methoxy groups -OCH3 is 1. The van der Waals surface area contributed by atoms with E-state index in [1.807, 2.05) is 13.8 Å². The Labute approximate surface area is 70.5 Å². The molecular formula is C9H21NO. The largest absolute Gasteiger partial charge is 0.379 e. The van der Waals surface area contributed by atoms with Crippen molar-refractivity contribution in [1.82, 2.24) is 4.90 Å². The Hall–Kier alpha value is -0.0800. The first-order chi connectivity index (χ1) is 5.36. The van der Waals surface area contributed by atoms with Gasteiger partial charge < -0.3 is 4.74 Å². The highest BCUT2D eigenvalue weighted by molar-refractivity contribution is 4.79. The van der Waals surface area contributed by atoms with Crippen LogP contribution in [0.2, 0.25) is 0 Å². The molecule has 2 heteroatoms. The van der Waals surface area contributed by atoms with Crippen molar-refractivity contribution in [3.8, 4) is 0 Å². The Morgan fingerprint density at radius 2 is 1.91 bits per heavy atom. The van der Waals surface area contributed by atoms with Crippen LogP contribution in [0.15, 0.2) is 0 Å². The Morgan fingerprint density at radius 3 is 2.27 bits per heavy atom. The molecule has 68 valence electrons. The summed E-state index contributed by atoms with van der Waals surface area (Å²) >= 11 is 0. The number of rotatable bonds is 3. The van der Waals surface area contributed by atoms with Gasteiger partial charge in [0.1, 0.15) is 0 Å². The van der Waals surface area contributed by atoms with Gasteiger partial charge in [-0.05, 0) is 13.0 Å². The number of nitrogens with zero attached hydrogens (tertiary/aromatic N) is 1. The van der Waals surface area contributed by atoms with Crippen LogP contribution in [0, 0.1) is 0 Å². The summed E-state index contributed by atoms with van der Waals surface area (Å²) in [5.74, 6) is 0. The van der Waals surface area contributed by atoms with Gasteiger partial charge in [0.25, 0.3) is 0 Å². The average molecular weight is 159 g/mol. The summed E-state index contributed by atoms with van der Waals surface area (Å²) in [7, 11) is 1.79. The van der Waals surface area contributed by atoms with Crippen LogP contribution in [-0.2, 0) is 4.74 Å². The van der Waals surface area contributed by atoms with Gasteiger partial charge in [-0.2, -0.15) is 0 Å². The van der Waals surface area contributed by atoms with Crippen LogP contribution >= 0.6 is 0 Å². The fraction of sp³-hybridized carbons (Fsp3) is 1.00. The average Bonchev–Trinajstić information content (AvgIpc) is 2.00. The molecule has 2 nitrogen and oxygen atoms in total. The molecule has 0 aromatic carbocycles. The molecule has 0 N–H and O–H groups in total. The van der Waals surface area contributed by atoms with E-state index in [-0.39, 0.29) is 0 Å². The lowest BCUT2D eigenvalue weighted by Crippen LogP contribution is -2.51. The van der Waals surface area contributed by atoms with E-state index < -0.39 is 0 Å². The molecule has 1 heterocycles. The van der Waals surface area contributed by atoms with Gasteiger partial charge in [-0.25, -0.2) is 0 Å². The quantitative estimate of drug-likeness (QED) is 0.622. The van der Waals surface area contributed by atoms with Gasteiger partial charge in [0.2, 0.25) is 0 Å². The second-order valence-electron chi connectivity index (χ2n) is 2.62. The molecule has 1 saturated heterocycles. The summed E-state index contributed by atoms with van der Waals surface area (Å²) in [6.45, 7) is 9.73. The normalized spacial score (nSPS) is 18.5. The molecule has 1 rings (SSSR count). The van der Waals surface area contributed by atoms with E-state index >= 15 is 0 Å². The minimum Gasteiger partial charge on any atom is -0.379 e. The van der Waals surface area contributed by atoms with E-state index in [0.717, 1.165) is 13.1 Å². The number of hydrogen-bond donors (Lipinski definition) is 0. The first-order valence-corrected chi connectivity index (χ1v) is 4.62. The molecule has 0 saturated carbocycles. The molecule has 0 bridgehead atoms. The molecule has 1 aliphatic heterocycles. The molecule has 0 aromatic rings. The fourth-order valence-corrected chi connectivity index (χ4v) is 1.17. The molecule has 1 aliphatic rings. The minimum absolute atomic E-state index is 0.525. The van der Waals surface area contributed by atoms with Crippen molar-refractivity contribution in [3.63, 3.8) is 0 Å². The summed E-state index contributed by atoms with van der Waals surface area (Å²) in [6, 6.07) is 0. The first kappa shape index (κ1) is 10.9. The number of hydrogen-bond acceptors (Lipinski definition) is 2. The molecule has 0 unspecified atom stereocenters. The summed E-state index contributed by atoms with van der Waals surface area (Å²) < 4.78 is 5.12. The van der Waals surface area contributed by atoms with E-state index in [1.54, 1.807) is 7.11 Å². The van der Waals surface area contributed by atoms with Gasteiger partial charge in [-0.1, -0.05) is 20.8 Å². The van der Waals surface area contributed by atoms with Gasteiger partial charge in [-0.3, -0.25) is 4.90 Å². The maximum atomic E-state index is 5.12.